The number of benzene rings is 2. The molecule has 0 N–H and O–H groups in total. The Morgan fingerprint density at radius 1 is 0.818 bits per heavy atom. The van der Waals surface area contributed by atoms with Gasteiger partial charge in [0.05, 0.1) is 0 Å². The van der Waals surface area contributed by atoms with Crippen molar-refractivity contribution in [2.24, 2.45) is 0 Å². The van der Waals surface area contributed by atoms with Crippen LogP contribution in [-0.4, -0.2) is 25.8 Å². The van der Waals surface area contributed by atoms with Crippen molar-refractivity contribution < 1.29 is 0 Å². The third kappa shape index (κ3) is 1.31. The molecular formula is C10H7Pb. The number of rotatable bonds is 0. The molecule has 51 valence electrons. The molecule has 0 aliphatic rings. The van der Waals surface area contributed by atoms with Gasteiger partial charge >= 0.3 is 82.1 Å². The van der Waals surface area contributed by atoms with Gasteiger partial charge in [-0.05, 0) is 0 Å². The molecule has 0 saturated carbocycles. The predicted octanol–water partition coefficient (Wildman–Crippen LogP) is 1.63. The predicted molar refractivity (Wildman–Crippen MR) is 49.3 cm³/mol. The van der Waals surface area contributed by atoms with Crippen molar-refractivity contribution in [3.8, 4) is 0 Å². The Balaban J connectivity index is 2.91. The molecule has 2 aromatic carbocycles. The van der Waals surface area contributed by atoms with Crippen LogP contribution in [0.4, 0.5) is 0 Å². The van der Waals surface area contributed by atoms with E-state index >= 15 is 0 Å². The first-order valence-electron chi connectivity index (χ1n) is 3.57. The molecule has 0 aliphatic carbocycles. The van der Waals surface area contributed by atoms with Crippen molar-refractivity contribution in [2.45, 2.75) is 0 Å². The number of hydrogen-bond acceptors (Lipinski definition) is 0. The fourth-order valence-electron chi connectivity index (χ4n) is 1.23. The van der Waals surface area contributed by atoms with Crippen molar-refractivity contribution in [3.05, 3.63) is 42.5 Å². The zero-order valence-corrected chi connectivity index (χ0v) is 9.93. The summed E-state index contributed by atoms with van der Waals surface area (Å²) >= 11 is 1.14. The van der Waals surface area contributed by atoms with E-state index in [1.165, 1.54) is 13.9 Å². The third-order valence-corrected chi connectivity index (χ3v) is 3.48. The van der Waals surface area contributed by atoms with Crippen LogP contribution in [0.2, 0.25) is 0 Å². The second-order valence-electron chi connectivity index (χ2n) is 2.53. The van der Waals surface area contributed by atoms with Crippen LogP contribution < -0.4 is 3.12 Å². The first-order chi connectivity index (χ1) is 5.38. The van der Waals surface area contributed by atoms with E-state index in [-0.39, 0.29) is 0 Å². The molecule has 0 aliphatic heterocycles. The summed E-state index contributed by atoms with van der Waals surface area (Å²) in [7, 11) is 0. The van der Waals surface area contributed by atoms with Gasteiger partial charge in [-0.25, -0.2) is 0 Å². The molecule has 0 fully saturated rings. The fraction of sp³-hybridized carbons (Fsp3) is 0. The quantitative estimate of drug-likeness (QED) is 0.643. The molecule has 0 amide bonds. The summed E-state index contributed by atoms with van der Waals surface area (Å²) in [6, 6.07) is 15.0. The van der Waals surface area contributed by atoms with Crippen LogP contribution in [-0.2, 0) is 0 Å². The van der Waals surface area contributed by atoms with Gasteiger partial charge in [0, 0.05) is 0 Å². The monoisotopic (exact) mass is 335 g/mol. The van der Waals surface area contributed by atoms with Crippen molar-refractivity contribution >= 4 is 39.7 Å². The molecule has 0 atom stereocenters. The Labute approximate surface area is 81.9 Å². The van der Waals surface area contributed by atoms with E-state index < -0.39 is 0 Å². The normalized spacial score (nSPS) is 10.3. The molecule has 2 rings (SSSR count). The van der Waals surface area contributed by atoms with Gasteiger partial charge in [-0.1, -0.05) is 0 Å². The van der Waals surface area contributed by atoms with Gasteiger partial charge in [0.15, 0.2) is 0 Å². The van der Waals surface area contributed by atoms with Crippen LogP contribution in [0, 0.1) is 0 Å². The molecule has 11 heavy (non-hydrogen) atoms. The summed E-state index contributed by atoms with van der Waals surface area (Å²) in [5.74, 6) is 0. The van der Waals surface area contributed by atoms with Crippen LogP contribution in [0.15, 0.2) is 42.5 Å². The summed E-state index contributed by atoms with van der Waals surface area (Å²) in [6.07, 6.45) is 0. The van der Waals surface area contributed by atoms with Gasteiger partial charge in [0.25, 0.3) is 0 Å². The van der Waals surface area contributed by atoms with Crippen molar-refractivity contribution in [1.29, 1.82) is 0 Å². The van der Waals surface area contributed by atoms with E-state index in [2.05, 4.69) is 42.5 Å². The molecule has 0 aromatic heterocycles. The molecule has 0 nitrogen and oxygen atoms in total. The van der Waals surface area contributed by atoms with Crippen molar-refractivity contribution in [2.75, 3.05) is 0 Å². The number of hydrogen-bond donors (Lipinski definition) is 0. The first-order valence-corrected chi connectivity index (χ1v) is 5.52. The van der Waals surface area contributed by atoms with E-state index in [0.717, 1.165) is 25.8 Å². The van der Waals surface area contributed by atoms with Crippen LogP contribution in [0.1, 0.15) is 0 Å². The maximum absolute atomic E-state index is 2.20. The Morgan fingerprint density at radius 3 is 2.36 bits per heavy atom. The Bertz CT molecular complexity index is 374. The molecule has 0 unspecified atom stereocenters. The molecular weight excluding hydrogens is 327 g/mol. The average Bonchev–Trinajstić information content (AvgIpc) is 2.06. The van der Waals surface area contributed by atoms with Crippen LogP contribution in [0.3, 0.4) is 0 Å². The van der Waals surface area contributed by atoms with Gasteiger partial charge in [-0.15, -0.1) is 0 Å². The van der Waals surface area contributed by atoms with Crippen molar-refractivity contribution in [3.63, 3.8) is 0 Å². The third-order valence-electron chi connectivity index (χ3n) is 1.79. The van der Waals surface area contributed by atoms with E-state index in [4.69, 9.17) is 0 Å². The second kappa shape index (κ2) is 2.93. The molecule has 0 spiro atoms. The van der Waals surface area contributed by atoms with E-state index in [0.29, 0.717) is 0 Å². The van der Waals surface area contributed by atoms with Gasteiger partial charge in [0.1, 0.15) is 0 Å². The minimum atomic E-state index is 1.14. The van der Waals surface area contributed by atoms with Gasteiger partial charge in [-0.3, -0.25) is 0 Å². The average molecular weight is 334 g/mol. The Morgan fingerprint density at radius 2 is 1.55 bits per heavy atom. The fourth-order valence-corrected chi connectivity index (χ4v) is 2.48. The zero-order valence-electron chi connectivity index (χ0n) is 6.04. The first kappa shape index (κ1) is 7.28. The summed E-state index contributed by atoms with van der Waals surface area (Å²) in [6.45, 7) is 0. The van der Waals surface area contributed by atoms with E-state index in [1.807, 2.05) is 0 Å². The Hall–Kier alpha value is -0.378. The summed E-state index contributed by atoms with van der Waals surface area (Å²) in [4.78, 5) is 0. The maximum atomic E-state index is 2.20. The zero-order chi connectivity index (χ0) is 7.68. The summed E-state index contributed by atoms with van der Waals surface area (Å²) < 4.78 is 1.49. The molecule has 3 radical (unpaired) electrons. The van der Waals surface area contributed by atoms with Gasteiger partial charge in [-0.2, -0.15) is 0 Å². The molecule has 0 bridgehead atoms. The van der Waals surface area contributed by atoms with E-state index in [9.17, 15) is 0 Å². The SMILES string of the molecule is [Pb][c]1cccc2ccccc12. The number of fused-ring (bicyclic) bond motifs is 1. The molecule has 2 aromatic rings. The minimum absolute atomic E-state index is 1.14. The summed E-state index contributed by atoms with van der Waals surface area (Å²) in [5.41, 5.74) is 0. The summed E-state index contributed by atoms with van der Waals surface area (Å²) in [5, 5.41) is 2.78. The van der Waals surface area contributed by atoms with Gasteiger partial charge in [0.2, 0.25) is 0 Å². The van der Waals surface area contributed by atoms with Crippen molar-refractivity contribution in [1.82, 2.24) is 0 Å². The molecule has 0 saturated heterocycles. The van der Waals surface area contributed by atoms with Gasteiger partial charge < -0.3 is 0 Å². The van der Waals surface area contributed by atoms with Crippen LogP contribution in [0.5, 0.6) is 0 Å². The van der Waals surface area contributed by atoms with Crippen LogP contribution >= 0.6 is 0 Å². The second-order valence-corrected chi connectivity index (χ2v) is 4.62. The standard InChI is InChI=1S/C10H7.Pb/c1-2-6-10-8-4-3-7-9(10)5-1;/h1-7H;. The molecule has 1 heteroatoms. The molecule has 0 heterocycles. The van der Waals surface area contributed by atoms with Crippen LogP contribution in [0.25, 0.3) is 10.8 Å². The Kier molecular flexibility index (Phi) is 1.94. The topological polar surface area (TPSA) is 0 Å². The van der Waals surface area contributed by atoms with E-state index in [1.54, 1.807) is 0 Å².